The van der Waals surface area contributed by atoms with Crippen molar-refractivity contribution in [1.29, 1.82) is 0 Å². The Morgan fingerprint density at radius 3 is 2.58 bits per heavy atom. The Kier molecular flexibility index (Phi) is 4.41. The minimum absolute atomic E-state index is 0.0297. The number of anilines is 1. The van der Waals surface area contributed by atoms with Gasteiger partial charge in [0.05, 0.1) is 11.3 Å². The van der Waals surface area contributed by atoms with Crippen LogP contribution in [0.15, 0.2) is 18.2 Å². The molecule has 3 N–H and O–H groups in total. The minimum atomic E-state index is -0.997. The third kappa shape index (κ3) is 3.66. The summed E-state index contributed by atoms with van der Waals surface area (Å²) in [5.74, 6) is -1.76. The number of carboxylic acids is 1. The van der Waals surface area contributed by atoms with E-state index in [1.54, 1.807) is 0 Å². The maximum atomic E-state index is 11.0. The molecule has 0 atom stereocenters. The number of nitrogens with two attached hydrogens (primary N) is 1. The van der Waals surface area contributed by atoms with E-state index < -0.39 is 16.8 Å². The summed E-state index contributed by atoms with van der Waals surface area (Å²) in [6, 6.07) is 3.82. The number of carbonyl (C=O) groups is 2. The number of nitro groups is 1. The van der Waals surface area contributed by atoms with Gasteiger partial charge < -0.3 is 15.7 Å². The second kappa shape index (κ2) is 5.80. The van der Waals surface area contributed by atoms with Crippen molar-refractivity contribution in [1.82, 2.24) is 0 Å². The molecule has 1 rings (SSSR count). The number of nitro benzene ring substituents is 1. The van der Waals surface area contributed by atoms with E-state index in [4.69, 9.17) is 10.8 Å². The van der Waals surface area contributed by atoms with Gasteiger partial charge in [0.15, 0.2) is 0 Å². The first-order valence-electron chi connectivity index (χ1n) is 5.34. The summed E-state index contributed by atoms with van der Waals surface area (Å²) in [6.07, 6.45) is -0.148. The van der Waals surface area contributed by atoms with Crippen LogP contribution in [0.3, 0.4) is 0 Å². The molecule has 8 heteroatoms. The fraction of sp³-hybridized carbons (Fsp3) is 0.273. The van der Waals surface area contributed by atoms with Gasteiger partial charge in [0.2, 0.25) is 5.91 Å². The molecule has 0 bridgehead atoms. The van der Waals surface area contributed by atoms with Crippen LogP contribution in [0.25, 0.3) is 0 Å². The Bertz CT molecular complexity index is 529. The van der Waals surface area contributed by atoms with Gasteiger partial charge in [0.25, 0.3) is 5.69 Å². The molecule has 0 aliphatic rings. The third-order valence-corrected chi connectivity index (χ3v) is 2.53. The summed E-state index contributed by atoms with van der Waals surface area (Å²) < 4.78 is 0. The lowest BCUT2D eigenvalue weighted by molar-refractivity contribution is -0.384. The van der Waals surface area contributed by atoms with Crippen molar-refractivity contribution in [2.24, 2.45) is 5.73 Å². The molecule has 0 aliphatic heterocycles. The first kappa shape index (κ1) is 14.4. The molecular formula is C11H13N3O5. The molecule has 1 aromatic carbocycles. The molecule has 0 fully saturated rings. The monoisotopic (exact) mass is 267 g/mol. The van der Waals surface area contributed by atoms with E-state index in [1.807, 2.05) is 0 Å². The van der Waals surface area contributed by atoms with Crippen LogP contribution in [0.5, 0.6) is 0 Å². The van der Waals surface area contributed by atoms with Crippen molar-refractivity contribution in [2.45, 2.75) is 6.42 Å². The van der Waals surface area contributed by atoms with E-state index in [-0.39, 0.29) is 29.9 Å². The number of hydrogen-bond acceptors (Lipinski definition) is 5. The van der Waals surface area contributed by atoms with Gasteiger partial charge in [-0.3, -0.25) is 19.7 Å². The van der Waals surface area contributed by atoms with Crippen molar-refractivity contribution < 1.29 is 19.6 Å². The second-order valence-electron chi connectivity index (χ2n) is 3.89. The largest absolute Gasteiger partial charge is 0.481 e. The van der Waals surface area contributed by atoms with Gasteiger partial charge in [-0.2, -0.15) is 0 Å². The summed E-state index contributed by atoms with van der Waals surface area (Å²) in [7, 11) is 1.54. The predicted molar refractivity (Wildman–Crippen MR) is 67.1 cm³/mol. The number of benzene rings is 1. The number of nitrogens with zero attached hydrogens (tertiary/aromatic N) is 2. The fourth-order valence-electron chi connectivity index (χ4n) is 1.53. The standard InChI is InChI=1S/C11H13N3O5/c1-13(5-4-10(15)16)8-3-2-7(11(12)17)6-9(8)14(18)19/h2-3,6H,4-5H2,1H3,(H2,12,17)(H,15,16). The highest BCUT2D eigenvalue weighted by Crippen LogP contribution is 2.28. The second-order valence-corrected chi connectivity index (χ2v) is 3.89. The van der Waals surface area contributed by atoms with Gasteiger partial charge in [0.1, 0.15) is 5.69 Å². The molecule has 19 heavy (non-hydrogen) atoms. The zero-order chi connectivity index (χ0) is 14.6. The van der Waals surface area contributed by atoms with Crippen LogP contribution in [-0.4, -0.2) is 35.5 Å². The van der Waals surface area contributed by atoms with E-state index in [0.29, 0.717) is 0 Å². The molecule has 102 valence electrons. The zero-order valence-corrected chi connectivity index (χ0v) is 10.2. The van der Waals surface area contributed by atoms with Crippen LogP contribution >= 0.6 is 0 Å². The van der Waals surface area contributed by atoms with E-state index in [0.717, 1.165) is 6.07 Å². The topological polar surface area (TPSA) is 127 Å². The lowest BCUT2D eigenvalue weighted by Crippen LogP contribution is -2.22. The van der Waals surface area contributed by atoms with Crippen LogP contribution in [0.2, 0.25) is 0 Å². The molecule has 0 radical (unpaired) electrons. The van der Waals surface area contributed by atoms with Gasteiger partial charge >= 0.3 is 5.97 Å². The van der Waals surface area contributed by atoms with Gasteiger partial charge in [-0.05, 0) is 12.1 Å². The van der Waals surface area contributed by atoms with Crippen LogP contribution in [0, 0.1) is 10.1 Å². The summed E-state index contributed by atoms with van der Waals surface area (Å²) in [4.78, 5) is 33.2. The van der Waals surface area contributed by atoms with Gasteiger partial charge in [0, 0.05) is 25.2 Å². The average Bonchev–Trinajstić information content (AvgIpc) is 2.34. The Hall–Kier alpha value is -2.64. The van der Waals surface area contributed by atoms with Gasteiger partial charge in [-0.1, -0.05) is 0 Å². The van der Waals surface area contributed by atoms with E-state index >= 15 is 0 Å². The number of primary amides is 1. The Morgan fingerprint density at radius 2 is 2.11 bits per heavy atom. The normalized spacial score (nSPS) is 9.95. The summed E-state index contributed by atoms with van der Waals surface area (Å²) in [5.41, 5.74) is 5.03. The molecular weight excluding hydrogens is 254 g/mol. The van der Waals surface area contributed by atoms with Crippen molar-refractivity contribution in [3.05, 3.63) is 33.9 Å². The summed E-state index contributed by atoms with van der Waals surface area (Å²) >= 11 is 0. The number of carboxylic acid groups (broad SMARTS) is 1. The van der Waals surface area contributed by atoms with E-state index in [1.165, 1.54) is 24.1 Å². The quantitative estimate of drug-likeness (QED) is 0.574. The molecule has 0 unspecified atom stereocenters. The van der Waals surface area contributed by atoms with E-state index in [9.17, 15) is 19.7 Å². The lowest BCUT2D eigenvalue weighted by Gasteiger charge is -2.18. The zero-order valence-electron chi connectivity index (χ0n) is 10.2. The highest BCUT2D eigenvalue weighted by Gasteiger charge is 2.19. The van der Waals surface area contributed by atoms with Crippen molar-refractivity contribution in [3.63, 3.8) is 0 Å². The molecule has 0 heterocycles. The number of aliphatic carboxylic acids is 1. The molecule has 1 aromatic rings. The maximum Gasteiger partial charge on any atom is 0.305 e. The number of amides is 1. The first-order chi connectivity index (χ1) is 8.82. The Balaban J connectivity index is 3.09. The third-order valence-electron chi connectivity index (χ3n) is 2.53. The lowest BCUT2D eigenvalue weighted by atomic mass is 10.1. The fourth-order valence-corrected chi connectivity index (χ4v) is 1.53. The molecule has 0 saturated heterocycles. The average molecular weight is 267 g/mol. The molecule has 0 aliphatic carbocycles. The molecule has 1 amide bonds. The summed E-state index contributed by atoms with van der Waals surface area (Å²) in [5, 5.41) is 19.5. The predicted octanol–water partition coefficient (Wildman–Crippen LogP) is 0.605. The molecule has 0 spiro atoms. The Labute approximate surface area is 108 Å². The van der Waals surface area contributed by atoms with Crippen molar-refractivity contribution in [2.75, 3.05) is 18.5 Å². The smallest absolute Gasteiger partial charge is 0.305 e. The summed E-state index contributed by atoms with van der Waals surface area (Å²) in [6.45, 7) is 0.117. The SMILES string of the molecule is CN(CCC(=O)O)c1ccc(C(N)=O)cc1[N+](=O)[O-]. The Morgan fingerprint density at radius 1 is 1.47 bits per heavy atom. The first-order valence-corrected chi connectivity index (χ1v) is 5.34. The van der Waals surface area contributed by atoms with Crippen LogP contribution in [-0.2, 0) is 4.79 Å². The molecule has 0 aromatic heterocycles. The molecule has 0 saturated carbocycles. The number of rotatable bonds is 6. The van der Waals surface area contributed by atoms with Crippen molar-refractivity contribution in [3.8, 4) is 0 Å². The highest BCUT2D eigenvalue weighted by molar-refractivity contribution is 5.94. The van der Waals surface area contributed by atoms with Crippen LogP contribution in [0.1, 0.15) is 16.8 Å². The van der Waals surface area contributed by atoms with Crippen LogP contribution < -0.4 is 10.6 Å². The number of carbonyl (C=O) groups excluding carboxylic acids is 1. The van der Waals surface area contributed by atoms with Gasteiger partial charge in [-0.15, -0.1) is 0 Å². The number of hydrogen-bond donors (Lipinski definition) is 2. The minimum Gasteiger partial charge on any atom is -0.481 e. The van der Waals surface area contributed by atoms with Crippen molar-refractivity contribution >= 4 is 23.3 Å². The maximum absolute atomic E-state index is 11.0. The highest BCUT2D eigenvalue weighted by atomic mass is 16.6. The molecule has 8 nitrogen and oxygen atoms in total. The van der Waals surface area contributed by atoms with Gasteiger partial charge in [-0.25, -0.2) is 0 Å². The van der Waals surface area contributed by atoms with E-state index in [2.05, 4.69) is 0 Å². The van der Waals surface area contributed by atoms with Crippen LogP contribution in [0.4, 0.5) is 11.4 Å².